The summed E-state index contributed by atoms with van der Waals surface area (Å²) in [6.07, 6.45) is 4.81. The van der Waals surface area contributed by atoms with Gasteiger partial charge in [-0.1, -0.05) is 11.8 Å². The van der Waals surface area contributed by atoms with E-state index in [9.17, 15) is 5.11 Å². The van der Waals surface area contributed by atoms with Gasteiger partial charge in [-0.3, -0.25) is 4.90 Å². The van der Waals surface area contributed by atoms with Crippen molar-refractivity contribution in [2.24, 2.45) is 0 Å². The molecule has 1 aromatic carbocycles. The predicted molar refractivity (Wildman–Crippen MR) is 92.8 cm³/mol. The first-order valence-electron chi connectivity index (χ1n) is 7.69. The monoisotopic (exact) mass is 347 g/mol. The van der Waals surface area contributed by atoms with Gasteiger partial charge in [0.25, 0.3) is 0 Å². The van der Waals surface area contributed by atoms with E-state index in [-0.39, 0.29) is 5.75 Å². The molecule has 0 saturated heterocycles. The summed E-state index contributed by atoms with van der Waals surface area (Å²) in [7, 11) is 3.20. The summed E-state index contributed by atoms with van der Waals surface area (Å²) in [6, 6.07) is 3.23. The number of ether oxygens (including phenoxy) is 2. The molecule has 0 unspecified atom stereocenters. The fourth-order valence-corrected chi connectivity index (χ4v) is 3.30. The van der Waals surface area contributed by atoms with Gasteiger partial charge in [0.2, 0.25) is 0 Å². The van der Waals surface area contributed by atoms with Crippen molar-refractivity contribution in [3.05, 3.63) is 35.2 Å². The second kappa shape index (κ2) is 7.27. The highest BCUT2D eigenvalue weighted by atomic mass is 32.2. The van der Waals surface area contributed by atoms with Crippen LogP contribution in [0.5, 0.6) is 17.2 Å². The molecule has 1 aliphatic heterocycles. The molecule has 2 aromatic rings. The van der Waals surface area contributed by atoms with Crippen LogP contribution in [-0.2, 0) is 19.5 Å². The number of aromatic nitrogens is 2. The van der Waals surface area contributed by atoms with Crippen molar-refractivity contribution >= 4 is 11.8 Å². The maximum absolute atomic E-state index is 9.77. The summed E-state index contributed by atoms with van der Waals surface area (Å²) in [6.45, 7) is 2.37. The van der Waals surface area contributed by atoms with E-state index in [0.29, 0.717) is 18.0 Å². The van der Waals surface area contributed by atoms with Gasteiger partial charge in [-0.15, -0.1) is 0 Å². The topological polar surface area (TPSA) is 67.7 Å². The lowest BCUT2D eigenvalue weighted by molar-refractivity contribution is 0.234. The third-order valence-electron chi connectivity index (χ3n) is 4.15. The molecular weight excluding hydrogens is 326 g/mol. The molecule has 0 bridgehead atoms. The van der Waals surface area contributed by atoms with Gasteiger partial charge in [0.05, 0.1) is 25.5 Å². The first kappa shape index (κ1) is 16.9. The van der Waals surface area contributed by atoms with E-state index in [1.54, 1.807) is 38.1 Å². The molecule has 0 fully saturated rings. The van der Waals surface area contributed by atoms with Crippen LogP contribution in [0.25, 0.3) is 0 Å². The third kappa shape index (κ3) is 3.42. The van der Waals surface area contributed by atoms with Crippen LogP contribution in [-0.4, -0.2) is 47.0 Å². The van der Waals surface area contributed by atoms with E-state index in [2.05, 4.69) is 14.9 Å². The lowest BCUT2D eigenvalue weighted by atomic mass is 10.1. The molecule has 1 aliphatic rings. The molecule has 0 saturated carbocycles. The number of phenolic OH excluding ortho intramolecular Hbond substituents is 1. The zero-order valence-corrected chi connectivity index (χ0v) is 14.9. The average Bonchev–Trinajstić information content (AvgIpc) is 2.62. The molecule has 6 nitrogen and oxygen atoms in total. The summed E-state index contributed by atoms with van der Waals surface area (Å²) < 4.78 is 10.8. The summed E-state index contributed by atoms with van der Waals surface area (Å²) in [5.41, 5.74) is 3.23. The van der Waals surface area contributed by atoms with Crippen LogP contribution in [0.15, 0.2) is 23.5 Å². The maximum Gasteiger partial charge on any atom is 0.187 e. The molecular formula is C17H21N3O3S. The van der Waals surface area contributed by atoms with Crippen molar-refractivity contribution in [3.8, 4) is 17.2 Å². The molecule has 7 heteroatoms. The summed E-state index contributed by atoms with van der Waals surface area (Å²) in [4.78, 5) is 11.3. The molecule has 3 rings (SSSR count). The van der Waals surface area contributed by atoms with Crippen LogP contribution in [0.4, 0.5) is 0 Å². The molecule has 128 valence electrons. The number of fused-ring (bicyclic) bond motifs is 1. The number of hydrogen-bond acceptors (Lipinski definition) is 7. The van der Waals surface area contributed by atoms with Gasteiger partial charge in [0, 0.05) is 49.9 Å². The average molecular weight is 347 g/mol. The fraction of sp³-hybridized carbons (Fsp3) is 0.412. The fourth-order valence-electron chi connectivity index (χ4n) is 2.94. The highest BCUT2D eigenvalue weighted by Crippen LogP contribution is 2.35. The Hall–Kier alpha value is -1.99. The number of nitrogens with zero attached hydrogens (tertiary/aromatic N) is 3. The van der Waals surface area contributed by atoms with E-state index < -0.39 is 0 Å². The van der Waals surface area contributed by atoms with E-state index >= 15 is 0 Å². The Morgan fingerprint density at radius 1 is 1.25 bits per heavy atom. The number of methoxy groups -OCH3 is 2. The van der Waals surface area contributed by atoms with E-state index in [1.165, 1.54) is 0 Å². The number of benzene rings is 1. The molecule has 0 radical (unpaired) electrons. The van der Waals surface area contributed by atoms with Crippen LogP contribution in [0.3, 0.4) is 0 Å². The smallest absolute Gasteiger partial charge is 0.187 e. The molecule has 1 aromatic heterocycles. The predicted octanol–water partition coefficient (Wildman–Crippen LogP) is 2.48. The Bertz CT molecular complexity index is 714. The molecule has 1 N–H and O–H groups in total. The summed E-state index contributed by atoms with van der Waals surface area (Å²) >= 11 is 1.56. The van der Waals surface area contributed by atoms with Crippen molar-refractivity contribution in [1.29, 1.82) is 0 Å². The van der Waals surface area contributed by atoms with Gasteiger partial charge in [-0.05, 0) is 6.26 Å². The largest absolute Gasteiger partial charge is 0.508 e. The molecule has 0 atom stereocenters. The lowest BCUT2D eigenvalue weighted by Crippen LogP contribution is -2.31. The minimum Gasteiger partial charge on any atom is -0.508 e. The van der Waals surface area contributed by atoms with Crippen molar-refractivity contribution < 1.29 is 14.6 Å². The third-order valence-corrected chi connectivity index (χ3v) is 4.71. The minimum atomic E-state index is 0.134. The van der Waals surface area contributed by atoms with Gasteiger partial charge in [0.15, 0.2) is 5.16 Å². The van der Waals surface area contributed by atoms with Crippen molar-refractivity contribution in [2.45, 2.75) is 24.7 Å². The zero-order chi connectivity index (χ0) is 17.1. The molecule has 0 aliphatic carbocycles. The standard InChI is InChI=1S/C17H21N3O3S/c1-22-15-6-12(21)7-16(23-2)13(15)10-20-5-4-14-11(9-20)8-18-17(19-14)24-3/h6-8,21H,4-5,9-10H2,1-3H3. The van der Waals surface area contributed by atoms with Gasteiger partial charge >= 0.3 is 0 Å². The van der Waals surface area contributed by atoms with Crippen molar-refractivity contribution in [3.63, 3.8) is 0 Å². The number of thioether (sulfide) groups is 1. The van der Waals surface area contributed by atoms with Gasteiger partial charge in [0.1, 0.15) is 17.2 Å². The highest BCUT2D eigenvalue weighted by molar-refractivity contribution is 7.98. The Morgan fingerprint density at radius 2 is 1.96 bits per heavy atom. The maximum atomic E-state index is 9.77. The Kier molecular flexibility index (Phi) is 5.11. The number of rotatable bonds is 5. The summed E-state index contributed by atoms with van der Waals surface area (Å²) in [5.74, 6) is 1.40. The Morgan fingerprint density at radius 3 is 2.58 bits per heavy atom. The van der Waals surface area contributed by atoms with Crippen molar-refractivity contribution in [1.82, 2.24) is 14.9 Å². The first-order chi connectivity index (χ1) is 11.6. The van der Waals surface area contributed by atoms with Crippen LogP contribution < -0.4 is 9.47 Å². The van der Waals surface area contributed by atoms with Crippen LogP contribution in [0, 0.1) is 0 Å². The minimum absolute atomic E-state index is 0.134. The SMILES string of the molecule is COc1cc(O)cc(OC)c1CN1CCc2nc(SC)ncc2C1. The first-order valence-corrected chi connectivity index (χ1v) is 8.92. The molecule has 0 amide bonds. The van der Waals surface area contributed by atoms with Gasteiger partial charge in [-0.25, -0.2) is 9.97 Å². The van der Waals surface area contributed by atoms with Gasteiger partial charge in [-0.2, -0.15) is 0 Å². The number of aromatic hydroxyl groups is 1. The second-order valence-electron chi connectivity index (χ2n) is 5.62. The quantitative estimate of drug-likeness (QED) is 0.658. The van der Waals surface area contributed by atoms with Crippen LogP contribution in [0.2, 0.25) is 0 Å². The number of phenols is 1. The number of hydrogen-bond donors (Lipinski definition) is 1. The highest BCUT2D eigenvalue weighted by Gasteiger charge is 2.22. The second-order valence-corrected chi connectivity index (χ2v) is 6.39. The van der Waals surface area contributed by atoms with Crippen LogP contribution >= 0.6 is 11.8 Å². The lowest BCUT2D eigenvalue weighted by Gasteiger charge is -2.29. The molecule has 24 heavy (non-hydrogen) atoms. The van der Waals surface area contributed by atoms with E-state index in [0.717, 1.165) is 41.5 Å². The Balaban J connectivity index is 1.82. The molecule has 2 heterocycles. The summed E-state index contributed by atoms with van der Waals surface area (Å²) in [5, 5.41) is 10.6. The van der Waals surface area contributed by atoms with Crippen molar-refractivity contribution in [2.75, 3.05) is 27.0 Å². The Labute approximate surface area is 145 Å². The molecule has 0 spiro atoms. The van der Waals surface area contributed by atoms with E-state index in [4.69, 9.17) is 9.47 Å². The normalized spacial score (nSPS) is 14.3. The zero-order valence-electron chi connectivity index (χ0n) is 14.1. The van der Waals surface area contributed by atoms with Crippen LogP contribution in [0.1, 0.15) is 16.8 Å². The van der Waals surface area contributed by atoms with E-state index in [1.807, 2.05) is 12.5 Å². The van der Waals surface area contributed by atoms with Gasteiger partial charge < -0.3 is 14.6 Å².